The normalized spacial score (nSPS) is 17.7. The number of fused-ring (bicyclic) bond motifs is 1. The van der Waals surface area contributed by atoms with Crippen molar-refractivity contribution in [3.05, 3.63) is 42.2 Å². The molecule has 1 saturated carbocycles. The van der Waals surface area contributed by atoms with Gasteiger partial charge < -0.3 is 10.3 Å². The van der Waals surface area contributed by atoms with Crippen LogP contribution in [0, 0.1) is 0 Å². The minimum Gasteiger partial charge on any atom is -0.330 e. The van der Waals surface area contributed by atoms with Crippen molar-refractivity contribution in [2.24, 2.45) is 12.8 Å². The van der Waals surface area contributed by atoms with Gasteiger partial charge in [-0.1, -0.05) is 12.1 Å². The summed E-state index contributed by atoms with van der Waals surface area (Å²) in [7, 11) is 2.06. The van der Waals surface area contributed by atoms with Crippen LogP contribution in [0.25, 0.3) is 11.0 Å². The van der Waals surface area contributed by atoms with Crippen LogP contribution in [-0.2, 0) is 19.0 Å². The smallest absolute Gasteiger partial charge is 0.129 e. The van der Waals surface area contributed by atoms with Gasteiger partial charge in [-0.2, -0.15) is 0 Å². The van der Waals surface area contributed by atoms with E-state index in [1.54, 1.807) is 0 Å². The Morgan fingerprint density at radius 1 is 1.50 bits per heavy atom. The molecule has 18 heavy (non-hydrogen) atoms. The maximum absolute atomic E-state index is 6.39. The van der Waals surface area contributed by atoms with E-state index in [9.17, 15) is 0 Å². The van der Waals surface area contributed by atoms with Gasteiger partial charge >= 0.3 is 0 Å². The fourth-order valence-corrected chi connectivity index (χ4v) is 2.77. The number of allylic oxidation sites excluding steroid dienone is 1. The summed E-state index contributed by atoms with van der Waals surface area (Å²) in [5.74, 6) is 1.03. The van der Waals surface area contributed by atoms with E-state index in [1.165, 1.54) is 12.0 Å². The Morgan fingerprint density at radius 2 is 2.28 bits per heavy atom. The highest BCUT2D eigenvalue weighted by molar-refractivity contribution is 5.77. The lowest BCUT2D eigenvalue weighted by molar-refractivity contribution is 0.234. The fourth-order valence-electron chi connectivity index (χ4n) is 2.77. The van der Waals surface area contributed by atoms with Gasteiger partial charge in [0.15, 0.2) is 0 Å². The second-order valence-electron chi connectivity index (χ2n) is 5.32. The van der Waals surface area contributed by atoms with Gasteiger partial charge in [-0.05, 0) is 43.4 Å². The number of benzene rings is 1. The molecule has 1 aliphatic carbocycles. The highest BCUT2D eigenvalue weighted by Crippen LogP contribution is 2.38. The van der Waals surface area contributed by atoms with E-state index in [-0.39, 0.29) is 5.54 Å². The molecule has 0 saturated heterocycles. The van der Waals surface area contributed by atoms with Crippen LogP contribution in [-0.4, -0.2) is 9.55 Å². The van der Waals surface area contributed by atoms with Crippen LogP contribution in [0.3, 0.4) is 0 Å². The Kier molecular flexibility index (Phi) is 2.52. The van der Waals surface area contributed by atoms with E-state index in [0.717, 1.165) is 36.1 Å². The highest BCUT2D eigenvalue weighted by Gasteiger charge is 2.38. The number of nitrogens with zero attached hydrogens (tertiary/aromatic N) is 2. The van der Waals surface area contributed by atoms with Crippen LogP contribution in [0.1, 0.15) is 30.7 Å². The summed E-state index contributed by atoms with van der Waals surface area (Å²) in [6.45, 7) is 3.77. The summed E-state index contributed by atoms with van der Waals surface area (Å²) >= 11 is 0. The van der Waals surface area contributed by atoms with E-state index in [2.05, 4.69) is 36.4 Å². The first-order valence-electron chi connectivity index (χ1n) is 6.50. The second-order valence-corrected chi connectivity index (χ2v) is 5.32. The first kappa shape index (κ1) is 11.5. The maximum atomic E-state index is 6.39. The third-order valence-electron chi connectivity index (χ3n) is 4.02. The third-order valence-corrected chi connectivity index (χ3v) is 4.02. The monoisotopic (exact) mass is 241 g/mol. The summed E-state index contributed by atoms with van der Waals surface area (Å²) in [6.07, 6.45) is 6.10. The molecule has 2 aromatic rings. The zero-order chi connectivity index (χ0) is 12.8. The van der Waals surface area contributed by atoms with E-state index < -0.39 is 0 Å². The van der Waals surface area contributed by atoms with Crippen LogP contribution in [0.4, 0.5) is 0 Å². The Labute approximate surface area is 107 Å². The number of aryl methyl sites for hydroxylation is 1. The minimum atomic E-state index is -0.202. The molecule has 1 heterocycles. The van der Waals surface area contributed by atoms with Gasteiger partial charge in [-0.3, -0.25) is 0 Å². The van der Waals surface area contributed by atoms with Gasteiger partial charge in [0.25, 0.3) is 0 Å². The van der Waals surface area contributed by atoms with Crippen molar-refractivity contribution in [1.29, 1.82) is 0 Å². The predicted molar refractivity (Wildman–Crippen MR) is 74.3 cm³/mol. The number of hydrogen-bond donors (Lipinski definition) is 1. The van der Waals surface area contributed by atoms with Gasteiger partial charge in [0.05, 0.1) is 16.6 Å². The largest absolute Gasteiger partial charge is 0.330 e. The Morgan fingerprint density at radius 3 is 2.89 bits per heavy atom. The number of nitrogens with two attached hydrogens (primary N) is 1. The molecule has 0 amide bonds. The molecule has 94 valence electrons. The molecule has 0 radical (unpaired) electrons. The first-order valence-corrected chi connectivity index (χ1v) is 6.50. The van der Waals surface area contributed by atoms with Crippen LogP contribution in [0.5, 0.6) is 0 Å². The van der Waals surface area contributed by atoms with Crippen LogP contribution >= 0.6 is 0 Å². The highest BCUT2D eigenvalue weighted by atomic mass is 15.1. The van der Waals surface area contributed by atoms with E-state index in [0.29, 0.717) is 0 Å². The molecule has 2 N–H and O–H groups in total. The average Bonchev–Trinajstić information content (AvgIpc) is 2.64. The van der Waals surface area contributed by atoms with Crippen molar-refractivity contribution in [2.45, 2.75) is 31.2 Å². The summed E-state index contributed by atoms with van der Waals surface area (Å²) < 4.78 is 2.15. The van der Waals surface area contributed by atoms with Gasteiger partial charge in [-0.25, -0.2) is 4.98 Å². The second kappa shape index (κ2) is 3.95. The molecule has 0 spiro atoms. The van der Waals surface area contributed by atoms with Crippen molar-refractivity contribution < 1.29 is 0 Å². The number of aromatic nitrogens is 2. The maximum Gasteiger partial charge on any atom is 0.129 e. The fraction of sp³-hybridized carbons (Fsp3) is 0.400. The Balaban J connectivity index is 2.12. The molecule has 0 unspecified atom stereocenters. The van der Waals surface area contributed by atoms with Crippen molar-refractivity contribution in [1.82, 2.24) is 9.55 Å². The van der Waals surface area contributed by atoms with Crippen molar-refractivity contribution in [3.8, 4) is 0 Å². The average molecular weight is 241 g/mol. The van der Waals surface area contributed by atoms with E-state index in [1.807, 2.05) is 6.08 Å². The van der Waals surface area contributed by atoms with Crippen LogP contribution < -0.4 is 5.73 Å². The quantitative estimate of drug-likeness (QED) is 0.839. The zero-order valence-corrected chi connectivity index (χ0v) is 10.8. The topological polar surface area (TPSA) is 43.8 Å². The van der Waals surface area contributed by atoms with Gasteiger partial charge in [0.1, 0.15) is 5.82 Å². The number of rotatable bonds is 3. The SMILES string of the molecule is C=CCc1ccc2c(c1)nc(C1(N)CCC1)n2C. The predicted octanol–water partition coefficient (Wildman–Crippen LogP) is 2.64. The molecule has 1 fully saturated rings. The van der Waals surface area contributed by atoms with Crippen LogP contribution in [0.2, 0.25) is 0 Å². The lowest BCUT2D eigenvalue weighted by Crippen LogP contribution is -2.45. The van der Waals surface area contributed by atoms with Crippen molar-refractivity contribution in [3.63, 3.8) is 0 Å². The summed E-state index contributed by atoms with van der Waals surface area (Å²) in [5, 5.41) is 0. The summed E-state index contributed by atoms with van der Waals surface area (Å²) in [6, 6.07) is 6.41. The molecule has 3 rings (SSSR count). The Hall–Kier alpha value is -1.61. The van der Waals surface area contributed by atoms with Gasteiger partial charge in [-0.15, -0.1) is 6.58 Å². The minimum absolute atomic E-state index is 0.202. The molecule has 1 aromatic carbocycles. The zero-order valence-electron chi connectivity index (χ0n) is 10.8. The molecule has 1 aromatic heterocycles. The summed E-state index contributed by atoms with van der Waals surface area (Å²) in [5.41, 5.74) is 9.64. The lowest BCUT2D eigenvalue weighted by Gasteiger charge is -2.37. The molecule has 0 bridgehead atoms. The lowest BCUT2D eigenvalue weighted by atomic mass is 9.77. The molecular weight excluding hydrogens is 222 g/mol. The Bertz CT molecular complexity index is 605. The molecule has 3 nitrogen and oxygen atoms in total. The van der Waals surface area contributed by atoms with Crippen molar-refractivity contribution >= 4 is 11.0 Å². The molecule has 0 aliphatic heterocycles. The van der Waals surface area contributed by atoms with E-state index >= 15 is 0 Å². The molecule has 1 aliphatic rings. The van der Waals surface area contributed by atoms with Crippen LogP contribution in [0.15, 0.2) is 30.9 Å². The van der Waals surface area contributed by atoms with E-state index in [4.69, 9.17) is 10.7 Å². The third kappa shape index (κ3) is 1.58. The number of imidazole rings is 1. The number of hydrogen-bond acceptors (Lipinski definition) is 2. The first-order chi connectivity index (χ1) is 8.64. The van der Waals surface area contributed by atoms with Crippen molar-refractivity contribution in [2.75, 3.05) is 0 Å². The molecular formula is C15H19N3. The van der Waals surface area contributed by atoms with Gasteiger partial charge in [0.2, 0.25) is 0 Å². The standard InChI is InChI=1S/C15H19N3/c1-3-5-11-6-7-13-12(10-11)17-14(18(13)2)15(16)8-4-9-15/h3,6-7,10H,1,4-5,8-9,16H2,2H3. The molecule has 3 heteroatoms. The molecule has 0 atom stereocenters. The van der Waals surface area contributed by atoms with Gasteiger partial charge in [0, 0.05) is 7.05 Å². The summed E-state index contributed by atoms with van der Waals surface area (Å²) in [4.78, 5) is 4.75.